The van der Waals surface area contributed by atoms with Gasteiger partial charge in [-0.2, -0.15) is 0 Å². The number of anilines is 3. The predicted molar refractivity (Wildman–Crippen MR) is 168 cm³/mol. The molecule has 3 aromatic rings. The Morgan fingerprint density at radius 3 is 1.46 bits per heavy atom. The summed E-state index contributed by atoms with van der Waals surface area (Å²) in [5, 5.41) is 0. The van der Waals surface area contributed by atoms with E-state index in [9.17, 15) is 9.59 Å². The van der Waals surface area contributed by atoms with Crippen LogP contribution < -0.4 is 4.90 Å². The SMILES string of the molecule is C=CC(=O)OC(CC)C(CCCc1ccc(N(c2ccc(C)cc2)c2ccc(C)cc2)cc1)C(CC)OC(=O)C=C. The number of ether oxygens (including phenoxy) is 2. The van der Waals surface area contributed by atoms with Crippen molar-refractivity contribution in [2.75, 3.05) is 4.90 Å². The van der Waals surface area contributed by atoms with Gasteiger partial charge in [0.2, 0.25) is 0 Å². The maximum Gasteiger partial charge on any atom is 0.330 e. The summed E-state index contributed by atoms with van der Waals surface area (Å²) in [4.78, 5) is 26.3. The molecule has 0 aromatic heterocycles. The zero-order valence-electron chi connectivity index (χ0n) is 24.8. The second kappa shape index (κ2) is 15.6. The van der Waals surface area contributed by atoms with Crippen molar-refractivity contribution in [1.82, 2.24) is 0 Å². The van der Waals surface area contributed by atoms with E-state index >= 15 is 0 Å². The molecule has 0 bridgehead atoms. The summed E-state index contributed by atoms with van der Waals surface area (Å²) in [6, 6.07) is 25.8. The summed E-state index contributed by atoms with van der Waals surface area (Å²) in [5.41, 5.74) is 6.96. The van der Waals surface area contributed by atoms with Gasteiger partial charge in [-0.25, -0.2) is 9.59 Å². The van der Waals surface area contributed by atoms with Crippen LogP contribution in [0.3, 0.4) is 0 Å². The van der Waals surface area contributed by atoms with E-state index in [1.165, 1.54) is 28.8 Å². The van der Waals surface area contributed by atoms with Gasteiger partial charge in [0.15, 0.2) is 0 Å². The first-order chi connectivity index (χ1) is 19.8. The first-order valence-electron chi connectivity index (χ1n) is 14.5. The molecule has 0 spiro atoms. The smallest absolute Gasteiger partial charge is 0.330 e. The Morgan fingerprint density at radius 2 is 1.10 bits per heavy atom. The highest BCUT2D eigenvalue weighted by Gasteiger charge is 2.32. The summed E-state index contributed by atoms with van der Waals surface area (Å²) in [6.07, 6.45) is 5.29. The Morgan fingerprint density at radius 1 is 0.707 bits per heavy atom. The van der Waals surface area contributed by atoms with Crippen molar-refractivity contribution in [3.8, 4) is 0 Å². The molecule has 0 radical (unpaired) electrons. The fourth-order valence-corrected chi connectivity index (χ4v) is 5.14. The molecule has 5 heteroatoms. The molecule has 0 saturated heterocycles. The Kier molecular flexibility index (Phi) is 12.0. The lowest BCUT2D eigenvalue weighted by Gasteiger charge is -2.32. The third-order valence-electron chi connectivity index (χ3n) is 7.41. The number of hydrogen-bond acceptors (Lipinski definition) is 5. The molecule has 0 aliphatic carbocycles. The summed E-state index contributed by atoms with van der Waals surface area (Å²) in [7, 11) is 0. The van der Waals surface area contributed by atoms with E-state index in [1.807, 2.05) is 13.8 Å². The van der Waals surface area contributed by atoms with Crippen molar-refractivity contribution in [1.29, 1.82) is 0 Å². The minimum atomic E-state index is -0.464. The van der Waals surface area contributed by atoms with Crippen molar-refractivity contribution in [2.24, 2.45) is 5.92 Å². The van der Waals surface area contributed by atoms with E-state index in [1.54, 1.807) is 0 Å². The second-order valence-electron chi connectivity index (χ2n) is 10.4. The number of esters is 2. The lowest BCUT2D eigenvalue weighted by Crippen LogP contribution is -2.37. The molecule has 5 nitrogen and oxygen atoms in total. The van der Waals surface area contributed by atoms with Crippen LogP contribution >= 0.6 is 0 Å². The van der Waals surface area contributed by atoms with Gasteiger partial charge in [0.1, 0.15) is 12.2 Å². The Bertz CT molecular complexity index is 1200. The van der Waals surface area contributed by atoms with Gasteiger partial charge >= 0.3 is 11.9 Å². The van der Waals surface area contributed by atoms with Crippen molar-refractivity contribution in [3.05, 3.63) is 115 Å². The van der Waals surface area contributed by atoms with Crippen LogP contribution in [0.5, 0.6) is 0 Å². The zero-order chi connectivity index (χ0) is 29.8. The minimum Gasteiger partial charge on any atom is -0.459 e. The Labute approximate surface area is 245 Å². The lowest BCUT2D eigenvalue weighted by atomic mass is 9.86. The van der Waals surface area contributed by atoms with Crippen LogP contribution in [0.15, 0.2) is 98.1 Å². The molecule has 3 aromatic carbocycles. The van der Waals surface area contributed by atoms with Crippen LogP contribution in [0.2, 0.25) is 0 Å². The number of hydrogen-bond donors (Lipinski definition) is 0. The van der Waals surface area contributed by atoms with Gasteiger partial charge in [0.05, 0.1) is 0 Å². The Hall–Kier alpha value is -4.12. The fraction of sp³-hybridized carbons (Fsp3) is 0.333. The van der Waals surface area contributed by atoms with Crippen molar-refractivity contribution in [2.45, 2.75) is 72.0 Å². The van der Waals surface area contributed by atoms with Crippen LogP contribution in [0.25, 0.3) is 0 Å². The largest absolute Gasteiger partial charge is 0.459 e. The van der Waals surface area contributed by atoms with Crippen LogP contribution in [0, 0.1) is 19.8 Å². The van der Waals surface area contributed by atoms with Gasteiger partial charge in [0.25, 0.3) is 0 Å². The van der Waals surface area contributed by atoms with Crippen LogP contribution in [-0.2, 0) is 25.5 Å². The van der Waals surface area contributed by atoms with E-state index in [4.69, 9.17) is 9.47 Å². The quantitative estimate of drug-likeness (QED) is 0.139. The van der Waals surface area contributed by atoms with E-state index in [-0.39, 0.29) is 18.1 Å². The molecule has 0 amide bonds. The molecule has 216 valence electrons. The number of nitrogens with zero attached hydrogens (tertiary/aromatic N) is 1. The van der Waals surface area contributed by atoms with E-state index in [0.717, 1.165) is 36.3 Å². The molecule has 41 heavy (non-hydrogen) atoms. The average Bonchev–Trinajstić information content (AvgIpc) is 2.99. The van der Waals surface area contributed by atoms with Gasteiger partial charge < -0.3 is 14.4 Å². The Balaban J connectivity index is 1.77. The van der Waals surface area contributed by atoms with Gasteiger partial charge in [-0.15, -0.1) is 0 Å². The fourth-order valence-electron chi connectivity index (χ4n) is 5.14. The van der Waals surface area contributed by atoms with Gasteiger partial charge in [-0.05, 0) is 87.9 Å². The highest BCUT2D eigenvalue weighted by molar-refractivity contribution is 5.82. The number of benzene rings is 3. The molecule has 0 saturated carbocycles. The first-order valence-corrected chi connectivity index (χ1v) is 14.5. The average molecular weight is 554 g/mol. The first kappa shape index (κ1) is 31.4. The second-order valence-corrected chi connectivity index (χ2v) is 10.4. The highest BCUT2D eigenvalue weighted by atomic mass is 16.6. The molecule has 2 atom stereocenters. The zero-order valence-corrected chi connectivity index (χ0v) is 24.8. The summed E-state index contributed by atoms with van der Waals surface area (Å²) in [6.45, 7) is 15.2. The maximum atomic E-state index is 12.0. The third kappa shape index (κ3) is 8.94. The highest BCUT2D eigenvalue weighted by Crippen LogP contribution is 2.35. The summed E-state index contributed by atoms with van der Waals surface area (Å²) >= 11 is 0. The van der Waals surface area contributed by atoms with Gasteiger partial charge in [0, 0.05) is 35.1 Å². The molecular formula is C36H43NO4. The minimum absolute atomic E-state index is 0.129. The third-order valence-corrected chi connectivity index (χ3v) is 7.41. The molecule has 0 N–H and O–H groups in total. The molecule has 0 heterocycles. The van der Waals surface area contributed by atoms with E-state index < -0.39 is 11.9 Å². The van der Waals surface area contributed by atoms with E-state index in [2.05, 4.69) is 105 Å². The topological polar surface area (TPSA) is 55.8 Å². The molecule has 2 unspecified atom stereocenters. The standard InChI is InChI=1S/C36H43NO4/c1-7-33(40-35(38)9-3)32(34(8-2)41-36(39)10-4)13-11-12-28-18-24-31(25-19-28)37(29-20-14-26(5)15-21-29)30-22-16-27(6)17-23-30/h9-10,14-25,32-34H,3-4,7-8,11-13H2,1-2,5-6H3. The molecule has 3 rings (SSSR count). The lowest BCUT2D eigenvalue weighted by molar-refractivity contribution is -0.156. The monoisotopic (exact) mass is 553 g/mol. The maximum absolute atomic E-state index is 12.0. The molecule has 0 aliphatic rings. The van der Waals surface area contributed by atoms with Crippen LogP contribution in [0.4, 0.5) is 17.1 Å². The number of aryl methyl sites for hydroxylation is 3. The summed E-state index contributed by atoms with van der Waals surface area (Å²) in [5.74, 6) is -1.06. The van der Waals surface area contributed by atoms with Gasteiger partial charge in [-0.3, -0.25) is 0 Å². The summed E-state index contributed by atoms with van der Waals surface area (Å²) < 4.78 is 11.3. The normalized spacial score (nSPS) is 13.0. The van der Waals surface area contributed by atoms with Gasteiger partial charge in [-0.1, -0.05) is 74.5 Å². The molecule has 0 aliphatic heterocycles. The van der Waals surface area contributed by atoms with Crippen LogP contribution in [0.1, 0.15) is 56.2 Å². The molecule has 0 fully saturated rings. The van der Waals surface area contributed by atoms with Crippen molar-refractivity contribution in [3.63, 3.8) is 0 Å². The van der Waals surface area contributed by atoms with Crippen molar-refractivity contribution < 1.29 is 19.1 Å². The van der Waals surface area contributed by atoms with Crippen LogP contribution in [-0.4, -0.2) is 24.1 Å². The predicted octanol–water partition coefficient (Wildman–Crippen LogP) is 8.73. The van der Waals surface area contributed by atoms with Crippen molar-refractivity contribution >= 4 is 29.0 Å². The molecular weight excluding hydrogens is 510 g/mol. The number of carbonyl (C=O) groups excluding carboxylic acids is 2. The van der Waals surface area contributed by atoms with E-state index in [0.29, 0.717) is 12.8 Å². The number of rotatable bonds is 15. The number of carbonyl (C=O) groups is 2.